The minimum Gasteiger partial charge on any atom is -0.481 e. The Morgan fingerprint density at radius 2 is 2.21 bits per heavy atom. The number of aromatic nitrogens is 2. The maximum absolute atomic E-state index is 10.5. The van der Waals surface area contributed by atoms with Crippen molar-refractivity contribution >= 4 is 5.97 Å². The molecule has 2 rings (SSSR count). The van der Waals surface area contributed by atoms with Gasteiger partial charge in [-0.1, -0.05) is 0 Å². The molecule has 0 unspecified atom stereocenters. The lowest BCUT2D eigenvalue weighted by atomic mass is 9.92. The van der Waals surface area contributed by atoms with E-state index in [4.69, 9.17) is 5.11 Å². The summed E-state index contributed by atoms with van der Waals surface area (Å²) in [4.78, 5) is 13.0. The summed E-state index contributed by atoms with van der Waals surface area (Å²) in [5.41, 5.74) is 1.29. The van der Waals surface area contributed by atoms with E-state index >= 15 is 0 Å². The molecule has 1 aliphatic heterocycles. The van der Waals surface area contributed by atoms with Gasteiger partial charge in [-0.3, -0.25) is 9.48 Å². The number of hydrogen-bond donors (Lipinski definition) is 1. The van der Waals surface area contributed by atoms with Gasteiger partial charge in [0.2, 0.25) is 0 Å². The Kier molecular flexibility index (Phi) is 4.96. The molecule has 2 heterocycles. The molecule has 0 spiro atoms. The van der Waals surface area contributed by atoms with E-state index in [1.807, 2.05) is 17.9 Å². The van der Waals surface area contributed by atoms with Crippen molar-refractivity contribution in [3.63, 3.8) is 0 Å². The van der Waals surface area contributed by atoms with Crippen LogP contribution in [0.5, 0.6) is 0 Å². The molecule has 0 atom stereocenters. The summed E-state index contributed by atoms with van der Waals surface area (Å²) >= 11 is 0. The summed E-state index contributed by atoms with van der Waals surface area (Å²) in [6.45, 7) is 3.28. The first-order valence-corrected chi connectivity index (χ1v) is 7.05. The van der Waals surface area contributed by atoms with Gasteiger partial charge < -0.3 is 10.0 Å². The molecule has 0 amide bonds. The van der Waals surface area contributed by atoms with Crippen LogP contribution in [0.2, 0.25) is 0 Å². The summed E-state index contributed by atoms with van der Waals surface area (Å²) < 4.78 is 1.84. The molecule has 1 aromatic heterocycles. The second-order valence-corrected chi connectivity index (χ2v) is 5.49. The van der Waals surface area contributed by atoms with Crippen molar-refractivity contribution in [3.8, 4) is 0 Å². The van der Waals surface area contributed by atoms with Gasteiger partial charge in [0.05, 0.1) is 6.20 Å². The summed E-state index contributed by atoms with van der Waals surface area (Å²) in [5.74, 6) is -0.0650. The van der Waals surface area contributed by atoms with Gasteiger partial charge in [-0.25, -0.2) is 0 Å². The molecule has 5 heteroatoms. The van der Waals surface area contributed by atoms with Gasteiger partial charge in [-0.2, -0.15) is 5.10 Å². The van der Waals surface area contributed by atoms with Crippen LogP contribution in [-0.4, -0.2) is 45.4 Å². The number of aliphatic carboxylic acids is 1. The van der Waals surface area contributed by atoms with Crippen LogP contribution in [-0.2, 0) is 18.3 Å². The first-order chi connectivity index (χ1) is 9.13. The number of hydrogen-bond acceptors (Lipinski definition) is 3. The van der Waals surface area contributed by atoms with Crippen LogP contribution in [0.15, 0.2) is 12.4 Å². The van der Waals surface area contributed by atoms with Crippen LogP contribution in [0.25, 0.3) is 0 Å². The van der Waals surface area contributed by atoms with E-state index in [1.54, 1.807) is 0 Å². The second-order valence-electron chi connectivity index (χ2n) is 5.49. The Labute approximate surface area is 114 Å². The van der Waals surface area contributed by atoms with Crippen LogP contribution >= 0.6 is 0 Å². The third kappa shape index (κ3) is 4.67. The highest BCUT2D eigenvalue weighted by atomic mass is 16.4. The summed E-state index contributed by atoms with van der Waals surface area (Å²) in [6, 6.07) is 0. The lowest BCUT2D eigenvalue weighted by Gasteiger charge is -2.31. The molecular weight excluding hydrogens is 242 g/mol. The number of carboxylic acids is 1. The number of rotatable bonds is 6. The number of piperidine rings is 1. The zero-order valence-corrected chi connectivity index (χ0v) is 11.6. The molecule has 5 nitrogen and oxygen atoms in total. The van der Waals surface area contributed by atoms with Gasteiger partial charge >= 0.3 is 5.97 Å². The van der Waals surface area contributed by atoms with Crippen LogP contribution in [0.3, 0.4) is 0 Å². The van der Waals surface area contributed by atoms with E-state index in [2.05, 4.69) is 16.2 Å². The lowest BCUT2D eigenvalue weighted by molar-refractivity contribution is -0.137. The van der Waals surface area contributed by atoms with Crippen molar-refractivity contribution in [1.82, 2.24) is 14.7 Å². The molecule has 106 valence electrons. The van der Waals surface area contributed by atoms with E-state index in [1.165, 1.54) is 5.56 Å². The van der Waals surface area contributed by atoms with Gasteiger partial charge in [0.15, 0.2) is 0 Å². The van der Waals surface area contributed by atoms with E-state index in [-0.39, 0.29) is 0 Å². The van der Waals surface area contributed by atoms with Crippen LogP contribution in [0.1, 0.15) is 31.2 Å². The molecule has 0 aromatic carbocycles. The number of carboxylic acid groups (broad SMARTS) is 1. The lowest BCUT2D eigenvalue weighted by Crippen LogP contribution is -2.35. The largest absolute Gasteiger partial charge is 0.481 e. The molecule has 1 N–H and O–H groups in total. The maximum Gasteiger partial charge on any atom is 0.303 e. The molecular formula is C14H23N3O2. The summed E-state index contributed by atoms with van der Waals surface area (Å²) in [7, 11) is 1.94. The maximum atomic E-state index is 10.5. The quantitative estimate of drug-likeness (QED) is 0.847. The molecule has 0 aliphatic carbocycles. The first-order valence-electron chi connectivity index (χ1n) is 7.05. The number of nitrogens with zero attached hydrogens (tertiary/aromatic N) is 3. The Hall–Kier alpha value is -1.36. The summed E-state index contributed by atoms with van der Waals surface area (Å²) in [5, 5.41) is 12.9. The van der Waals surface area contributed by atoms with E-state index in [9.17, 15) is 4.79 Å². The van der Waals surface area contributed by atoms with Gasteiger partial charge in [-0.15, -0.1) is 0 Å². The van der Waals surface area contributed by atoms with Crippen molar-refractivity contribution in [1.29, 1.82) is 0 Å². The number of carbonyl (C=O) groups is 1. The van der Waals surface area contributed by atoms with Crippen molar-refractivity contribution in [3.05, 3.63) is 18.0 Å². The SMILES string of the molecule is Cn1cc(CCN2CCC(CCC(=O)O)CC2)cn1. The third-order valence-corrected chi connectivity index (χ3v) is 3.95. The topological polar surface area (TPSA) is 58.4 Å². The standard InChI is InChI=1S/C14H23N3O2/c1-16-11-13(10-15-16)6-9-17-7-4-12(5-8-17)2-3-14(18)19/h10-12H,2-9H2,1H3,(H,18,19). The Bertz CT molecular complexity index is 409. The van der Waals surface area contributed by atoms with Crippen molar-refractivity contribution in [2.75, 3.05) is 19.6 Å². The highest BCUT2D eigenvalue weighted by Gasteiger charge is 2.19. The minimum absolute atomic E-state index is 0.320. The van der Waals surface area contributed by atoms with Gasteiger partial charge in [0, 0.05) is 26.2 Å². The number of aryl methyl sites for hydroxylation is 1. The van der Waals surface area contributed by atoms with E-state index in [0.29, 0.717) is 12.3 Å². The average molecular weight is 265 g/mol. The molecule has 0 bridgehead atoms. The Morgan fingerprint density at radius 1 is 1.47 bits per heavy atom. The monoisotopic (exact) mass is 265 g/mol. The Balaban J connectivity index is 1.64. The predicted octanol–water partition coefficient (Wildman–Crippen LogP) is 1.54. The normalized spacial score (nSPS) is 17.7. The van der Waals surface area contributed by atoms with Gasteiger partial charge in [0.25, 0.3) is 0 Å². The molecule has 1 aromatic rings. The molecule has 1 aliphatic rings. The van der Waals surface area contributed by atoms with Crippen molar-refractivity contribution < 1.29 is 9.90 Å². The Morgan fingerprint density at radius 3 is 2.79 bits per heavy atom. The zero-order chi connectivity index (χ0) is 13.7. The minimum atomic E-state index is -0.668. The van der Waals surface area contributed by atoms with Crippen LogP contribution in [0.4, 0.5) is 0 Å². The van der Waals surface area contributed by atoms with Gasteiger partial charge in [-0.05, 0) is 50.3 Å². The molecule has 0 saturated carbocycles. The fourth-order valence-electron chi connectivity index (χ4n) is 2.71. The summed E-state index contributed by atoms with van der Waals surface area (Å²) in [6.07, 6.45) is 8.49. The van der Waals surface area contributed by atoms with E-state index in [0.717, 1.165) is 45.3 Å². The van der Waals surface area contributed by atoms with Crippen LogP contribution < -0.4 is 0 Å². The molecule has 1 fully saturated rings. The highest BCUT2D eigenvalue weighted by Crippen LogP contribution is 2.21. The van der Waals surface area contributed by atoms with Crippen molar-refractivity contribution in [2.24, 2.45) is 13.0 Å². The van der Waals surface area contributed by atoms with Crippen LogP contribution in [0, 0.1) is 5.92 Å². The first kappa shape index (κ1) is 14.1. The van der Waals surface area contributed by atoms with E-state index < -0.39 is 5.97 Å². The fourth-order valence-corrected chi connectivity index (χ4v) is 2.71. The average Bonchev–Trinajstić information content (AvgIpc) is 2.81. The van der Waals surface area contributed by atoms with Crippen molar-refractivity contribution in [2.45, 2.75) is 32.1 Å². The molecule has 0 radical (unpaired) electrons. The smallest absolute Gasteiger partial charge is 0.303 e. The highest BCUT2D eigenvalue weighted by molar-refractivity contribution is 5.66. The molecule has 19 heavy (non-hydrogen) atoms. The predicted molar refractivity (Wildman–Crippen MR) is 72.9 cm³/mol. The van der Waals surface area contributed by atoms with Gasteiger partial charge in [0.1, 0.15) is 0 Å². The molecule has 1 saturated heterocycles. The fraction of sp³-hybridized carbons (Fsp3) is 0.714. The number of likely N-dealkylation sites (tertiary alicyclic amines) is 1. The zero-order valence-electron chi connectivity index (χ0n) is 11.6. The third-order valence-electron chi connectivity index (χ3n) is 3.95. The second kappa shape index (κ2) is 6.70.